The third-order valence-electron chi connectivity index (χ3n) is 6.51. The number of hydrogen-bond acceptors (Lipinski definition) is 5. The Balaban J connectivity index is 0. The van der Waals surface area contributed by atoms with Crippen molar-refractivity contribution in [1.82, 2.24) is 16.0 Å². The lowest BCUT2D eigenvalue weighted by Crippen LogP contribution is -2.27. The van der Waals surface area contributed by atoms with Gasteiger partial charge >= 0.3 is 0 Å². The average Bonchev–Trinajstić information content (AvgIpc) is 2.81. The lowest BCUT2D eigenvalue weighted by atomic mass is 9.78. The van der Waals surface area contributed by atoms with Crippen molar-refractivity contribution in [3.8, 4) is 0 Å². The van der Waals surface area contributed by atoms with E-state index in [1.54, 1.807) is 11.2 Å². The summed E-state index contributed by atoms with van der Waals surface area (Å²) in [6.07, 6.45) is 8.09. The van der Waals surface area contributed by atoms with E-state index in [-0.39, 0.29) is 17.0 Å². The third-order valence-corrected chi connectivity index (χ3v) is 6.51. The Hall–Kier alpha value is -2.63. The Morgan fingerprint density at radius 3 is 1.80 bits per heavy atom. The van der Waals surface area contributed by atoms with Crippen LogP contribution in [-0.4, -0.2) is 50.7 Å². The van der Waals surface area contributed by atoms with E-state index in [4.69, 9.17) is 0 Å². The monoisotopic (exact) mass is 483 g/mol. The summed E-state index contributed by atoms with van der Waals surface area (Å²) in [4.78, 5) is 4.36. The van der Waals surface area contributed by atoms with Crippen molar-refractivity contribution in [3.63, 3.8) is 0 Å². The highest BCUT2D eigenvalue weighted by atomic mass is 15.4. The molecule has 0 amide bonds. The molecule has 0 aliphatic heterocycles. The summed E-state index contributed by atoms with van der Waals surface area (Å²) in [5, 5.41) is 5.48. The summed E-state index contributed by atoms with van der Waals surface area (Å²) in [7, 11) is 6.25. The number of allylic oxidation sites excluding steroid dienone is 3. The van der Waals surface area contributed by atoms with Gasteiger partial charge < -0.3 is 16.0 Å². The summed E-state index contributed by atoms with van der Waals surface area (Å²) < 4.78 is 0. The van der Waals surface area contributed by atoms with Crippen molar-refractivity contribution in [1.29, 1.82) is 0 Å². The van der Waals surface area contributed by atoms with E-state index in [1.165, 1.54) is 11.1 Å². The zero-order valence-corrected chi connectivity index (χ0v) is 24.2. The van der Waals surface area contributed by atoms with Gasteiger partial charge in [-0.25, -0.2) is 5.01 Å². The highest BCUT2D eigenvalue weighted by molar-refractivity contribution is 5.51. The van der Waals surface area contributed by atoms with E-state index in [0.29, 0.717) is 0 Å². The number of rotatable bonds is 12. The van der Waals surface area contributed by atoms with Gasteiger partial charge in [-0.1, -0.05) is 79.5 Å². The topological polar surface area (TPSA) is 57.1 Å². The summed E-state index contributed by atoms with van der Waals surface area (Å²) in [6, 6.07) is 8.27. The van der Waals surface area contributed by atoms with Gasteiger partial charge in [-0.05, 0) is 67.1 Å². The first-order valence-corrected chi connectivity index (χ1v) is 12.2. The Kier molecular flexibility index (Phi) is 15.9. The highest BCUT2D eigenvalue weighted by Crippen LogP contribution is 2.34. The normalized spacial score (nSPS) is 11.3. The van der Waals surface area contributed by atoms with Crippen LogP contribution in [0.15, 0.2) is 78.7 Å². The minimum atomic E-state index is 0. The maximum absolute atomic E-state index is 4.22. The second-order valence-corrected chi connectivity index (χ2v) is 10.3. The first kappa shape index (κ1) is 34.5. The number of nitrogens with zero attached hydrogens (tertiary/aromatic N) is 4. The molecule has 3 N–H and O–H groups in total. The van der Waals surface area contributed by atoms with Crippen molar-refractivity contribution in [2.75, 3.05) is 39.2 Å². The maximum atomic E-state index is 4.22. The van der Waals surface area contributed by atoms with E-state index in [1.807, 2.05) is 12.1 Å². The van der Waals surface area contributed by atoms with Gasteiger partial charge in [0.2, 0.25) is 0 Å². The molecule has 5 nitrogen and oxygen atoms in total. The Bertz CT molecular complexity index is 800. The van der Waals surface area contributed by atoms with Crippen molar-refractivity contribution in [2.45, 2.75) is 59.8 Å². The molecule has 1 rings (SSSR count). The summed E-state index contributed by atoms with van der Waals surface area (Å²) in [6.45, 7) is 30.8. The minimum Gasteiger partial charge on any atom is -0.374 e. The molecule has 0 spiro atoms. The Morgan fingerprint density at radius 2 is 1.43 bits per heavy atom. The second kappa shape index (κ2) is 16.1. The van der Waals surface area contributed by atoms with Crippen LogP contribution in [0, 0.1) is 5.41 Å². The van der Waals surface area contributed by atoms with Crippen LogP contribution in [0.3, 0.4) is 0 Å². The molecule has 1 aromatic carbocycles. The number of hydrazone groups is 1. The van der Waals surface area contributed by atoms with Crippen molar-refractivity contribution < 1.29 is 0 Å². The third kappa shape index (κ3) is 12.1. The summed E-state index contributed by atoms with van der Waals surface area (Å²) in [5.41, 5.74) is 4.91. The molecule has 0 saturated heterocycles. The molecule has 0 heterocycles. The van der Waals surface area contributed by atoms with Crippen molar-refractivity contribution in [2.24, 2.45) is 10.5 Å². The molecule has 0 fully saturated rings. The number of benzene rings is 1. The van der Waals surface area contributed by atoms with E-state index in [0.717, 1.165) is 37.3 Å². The van der Waals surface area contributed by atoms with Gasteiger partial charge in [0.05, 0.1) is 5.69 Å². The van der Waals surface area contributed by atoms with E-state index in [2.05, 4.69) is 128 Å². The van der Waals surface area contributed by atoms with Crippen LogP contribution in [0.4, 0.5) is 5.69 Å². The lowest BCUT2D eigenvalue weighted by Gasteiger charge is -2.28. The maximum Gasteiger partial charge on any atom is 0.0645 e. The van der Waals surface area contributed by atoms with Gasteiger partial charge in [0, 0.05) is 38.8 Å². The van der Waals surface area contributed by atoms with Crippen LogP contribution in [0.5, 0.6) is 0 Å². The smallest absolute Gasteiger partial charge is 0.0645 e. The van der Waals surface area contributed by atoms with Gasteiger partial charge in [-0.3, -0.25) is 0 Å². The van der Waals surface area contributed by atoms with E-state index >= 15 is 0 Å². The SMILES string of the molecule is C=C(/C=C\C(=C)C(C)(CC)CC)N(C)CCN(C)C.C=CN(N=C)c1ccc(C(C)(C)C)cc1.N. The molecule has 1 aromatic rings. The van der Waals surface area contributed by atoms with E-state index in [9.17, 15) is 0 Å². The number of likely N-dealkylation sites (N-methyl/N-ethyl adjacent to an activating group) is 2. The molecule has 0 aliphatic rings. The zero-order valence-electron chi connectivity index (χ0n) is 24.2. The van der Waals surface area contributed by atoms with Gasteiger partial charge in [-0.2, -0.15) is 5.10 Å². The van der Waals surface area contributed by atoms with Gasteiger partial charge in [0.25, 0.3) is 0 Å². The highest BCUT2D eigenvalue weighted by Gasteiger charge is 2.21. The fourth-order valence-corrected chi connectivity index (χ4v) is 3.08. The molecule has 5 heteroatoms. The molecular weight excluding hydrogens is 430 g/mol. The molecule has 0 atom stereocenters. The molecule has 0 unspecified atom stereocenters. The predicted octanol–water partition coefficient (Wildman–Crippen LogP) is 7.64. The fourth-order valence-electron chi connectivity index (χ4n) is 3.08. The molecule has 0 aromatic heterocycles. The quantitative estimate of drug-likeness (QED) is 0.188. The van der Waals surface area contributed by atoms with Crippen LogP contribution in [-0.2, 0) is 5.41 Å². The second-order valence-electron chi connectivity index (χ2n) is 10.3. The van der Waals surface area contributed by atoms with Crippen LogP contribution in [0.1, 0.15) is 59.9 Å². The number of anilines is 1. The zero-order chi connectivity index (χ0) is 26.5. The molecular formula is C30H53N5. The molecule has 0 radical (unpaired) electrons. The van der Waals surface area contributed by atoms with Crippen LogP contribution in [0.2, 0.25) is 0 Å². The molecule has 0 aliphatic carbocycles. The predicted molar refractivity (Wildman–Crippen MR) is 160 cm³/mol. The fraction of sp³-hybridized carbons (Fsp3) is 0.500. The first-order chi connectivity index (χ1) is 15.7. The van der Waals surface area contributed by atoms with Crippen LogP contribution in [0.25, 0.3) is 0 Å². The summed E-state index contributed by atoms with van der Waals surface area (Å²) >= 11 is 0. The molecule has 35 heavy (non-hydrogen) atoms. The first-order valence-electron chi connectivity index (χ1n) is 12.2. The van der Waals surface area contributed by atoms with Crippen LogP contribution >= 0.6 is 0 Å². The molecule has 0 bridgehead atoms. The Morgan fingerprint density at radius 1 is 0.914 bits per heavy atom. The Labute approximate surface area is 217 Å². The van der Waals surface area contributed by atoms with Gasteiger partial charge in [-0.15, -0.1) is 0 Å². The lowest BCUT2D eigenvalue weighted by molar-refractivity contribution is 0.331. The van der Waals surface area contributed by atoms with Crippen molar-refractivity contribution >= 4 is 12.4 Å². The average molecular weight is 484 g/mol. The molecule has 198 valence electrons. The van der Waals surface area contributed by atoms with E-state index < -0.39 is 0 Å². The molecule has 0 saturated carbocycles. The largest absolute Gasteiger partial charge is 0.374 e. The van der Waals surface area contributed by atoms with Crippen molar-refractivity contribution in [3.05, 3.63) is 79.2 Å². The van der Waals surface area contributed by atoms with Gasteiger partial charge in [0.15, 0.2) is 0 Å². The minimum absolute atomic E-state index is 0. The number of hydrogen-bond donors (Lipinski definition) is 1. The van der Waals surface area contributed by atoms with Gasteiger partial charge in [0.1, 0.15) is 0 Å². The summed E-state index contributed by atoms with van der Waals surface area (Å²) in [5.74, 6) is 0. The standard InChI is InChI=1S/C17H32N2.C13H18N2.H3N/c1-9-17(5,10-2)15(3)11-12-16(4)19(8)14-13-18(6)7;1-6-15(14-5)12-9-7-11(8-10-12)13(2,3)4;/h11-12H,3-4,9-10,13-14H2,1-2,5-8H3;6-10H,1,5H2,2-4H3;1H3/b12-11-;;. The van der Waals surface area contributed by atoms with Crippen LogP contribution < -0.4 is 11.2 Å².